The van der Waals surface area contributed by atoms with Crippen LogP contribution in [0.2, 0.25) is 0 Å². The molecule has 1 aromatic heterocycles. The van der Waals surface area contributed by atoms with Crippen LogP contribution < -0.4 is 15.5 Å². The first-order chi connectivity index (χ1) is 8.97. The smallest absolute Gasteiger partial charge is 0.249 e. The lowest BCUT2D eigenvalue weighted by Gasteiger charge is -2.23. The van der Waals surface area contributed by atoms with Gasteiger partial charge in [-0.1, -0.05) is 0 Å². The van der Waals surface area contributed by atoms with Gasteiger partial charge in [-0.15, -0.1) is 0 Å². The second kappa shape index (κ2) is 5.21. The average molecular weight is 266 g/mol. The molecule has 1 aliphatic heterocycles. The van der Waals surface area contributed by atoms with Crippen LogP contribution >= 0.6 is 0 Å². The van der Waals surface area contributed by atoms with Gasteiger partial charge in [0.1, 0.15) is 6.04 Å². The first kappa shape index (κ1) is 13.3. The third-order valence-electron chi connectivity index (χ3n) is 2.83. The third kappa shape index (κ3) is 2.98. The van der Waals surface area contributed by atoms with E-state index in [1.807, 2.05) is 0 Å². The van der Waals surface area contributed by atoms with Crippen molar-refractivity contribution in [3.05, 3.63) is 18.1 Å². The fourth-order valence-electron chi connectivity index (χ4n) is 1.87. The quantitative estimate of drug-likeness (QED) is 0.779. The van der Waals surface area contributed by atoms with Crippen LogP contribution in [0.25, 0.3) is 0 Å². The summed E-state index contributed by atoms with van der Waals surface area (Å²) >= 11 is 0. The zero-order valence-corrected chi connectivity index (χ0v) is 10.7. The highest BCUT2D eigenvalue weighted by atomic mass is 19.1. The molecule has 1 atom stereocenters. The molecule has 2 amide bonds. The first-order valence-electron chi connectivity index (χ1n) is 5.90. The van der Waals surface area contributed by atoms with E-state index in [0.29, 0.717) is 12.1 Å². The van der Waals surface area contributed by atoms with Gasteiger partial charge in [-0.25, -0.2) is 9.37 Å². The van der Waals surface area contributed by atoms with Gasteiger partial charge in [-0.2, -0.15) is 0 Å². The number of carbonyl (C=O) groups excluding carboxylic acids is 2. The molecule has 1 unspecified atom stereocenters. The van der Waals surface area contributed by atoms with Crippen molar-refractivity contribution in [2.24, 2.45) is 0 Å². The van der Waals surface area contributed by atoms with E-state index < -0.39 is 17.8 Å². The Balaban J connectivity index is 2.09. The Hall–Kier alpha value is -2.18. The largest absolute Gasteiger partial charge is 0.372 e. The second-order valence-corrected chi connectivity index (χ2v) is 4.57. The lowest BCUT2D eigenvalue weighted by molar-refractivity contribution is -0.133. The number of hydrogen-bond donors (Lipinski definition) is 2. The maximum absolute atomic E-state index is 13.7. The Morgan fingerprint density at radius 2 is 2.21 bits per heavy atom. The van der Waals surface area contributed by atoms with Crippen molar-refractivity contribution in [3.63, 3.8) is 0 Å². The van der Waals surface area contributed by atoms with Gasteiger partial charge in [-0.05, 0) is 6.42 Å². The van der Waals surface area contributed by atoms with E-state index in [2.05, 4.69) is 15.6 Å². The van der Waals surface area contributed by atoms with Crippen LogP contribution in [0.5, 0.6) is 0 Å². The molecule has 2 heterocycles. The summed E-state index contributed by atoms with van der Waals surface area (Å²) in [5.41, 5.74) is 0.414. The molecule has 0 saturated carbocycles. The zero-order chi connectivity index (χ0) is 14.0. The Kier molecular flexibility index (Phi) is 3.64. The van der Waals surface area contributed by atoms with Gasteiger partial charge in [0.2, 0.25) is 11.8 Å². The van der Waals surface area contributed by atoms with Crippen LogP contribution in [0, 0.1) is 5.82 Å². The molecule has 0 radical (unpaired) electrons. The van der Waals surface area contributed by atoms with Crippen molar-refractivity contribution in [2.45, 2.75) is 18.9 Å². The molecule has 0 bridgehead atoms. The number of amides is 2. The minimum Gasteiger partial charge on any atom is -0.372 e. The van der Waals surface area contributed by atoms with Crippen LogP contribution in [0.3, 0.4) is 0 Å². The normalized spacial score (nSPS) is 19.0. The van der Waals surface area contributed by atoms with E-state index in [-0.39, 0.29) is 18.1 Å². The van der Waals surface area contributed by atoms with Crippen molar-refractivity contribution in [1.82, 2.24) is 10.3 Å². The number of aromatic nitrogens is 1. The van der Waals surface area contributed by atoms with Gasteiger partial charge in [-0.3, -0.25) is 14.9 Å². The van der Waals surface area contributed by atoms with Crippen LogP contribution in [0.4, 0.5) is 15.9 Å². The predicted molar refractivity (Wildman–Crippen MR) is 68.3 cm³/mol. The summed E-state index contributed by atoms with van der Waals surface area (Å²) in [6.07, 6.45) is 2.12. The molecule has 1 saturated heterocycles. The van der Waals surface area contributed by atoms with E-state index >= 15 is 0 Å². The molecule has 19 heavy (non-hydrogen) atoms. The summed E-state index contributed by atoms with van der Waals surface area (Å²) in [7, 11) is 3.39. The van der Waals surface area contributed by atoms with Gasteiger partial charge < -0.3 is 10.2 Å². The molecular weight excluding hydrogens is 251 g/mol. The Bertz CT molecular complexity index is 518. The minimum atomic E-state index is -0.538. The van der Waals surface area contributed by atoms with Crippen LogP contribution in [0.1, 0.15) is 12.8 Å². The Morgan fingerprint density at radius 1 is 1.47 bits per heavy atom. The van der Waals surface area contributed by atoms with Gasteiger partial charge in [0, 0.05) is 26.6 Å². The standard InChI is InChI=1S/C12H15FN4O2/c1-17(2)11-8(13)5-7(6-14-11)15-9-3-4-10(18)16-12(9)19/h5-6,9,15H,3-4H2,1-2H3,(H,16,18,19). The van der Waals surface area contributed by atoms with E-state index in [9.17, 15) is 14.0 Å². The number of rotatable bonds is 3. The SMILES string of the molecule is CN(C)c1ncc(NC2CCC(=O)NC2=O)cc1F. The third-order valence-corrected chi connectivity index (χ3v) is 2.83. The molecule has 2 rings (SSSR count). The number of imide groups is 1. The molecule has 1 fully saturated rings. The fourth-order valence-corrected chi connectivity index (χ4v) is 1.87. The van der Waals surface area contributed by atoms with Crippen molar-refractivity contribution >= 4 is 23.3 Å². The van der Waals surface area contributed by atoms with Crippen molar-refractivity contribution in [1.29, 1.82) is 0 Å². The highest BCUT2D eigenvalue weighted by molar-refractivity contribution is 6.01. The fraction of sp³-hybridized carbons (Fsp3) is 0.417. The Morgan fingerprint density at radius 3 is 2.79 bits per heavy atom. The molecule has 0 aliphatic carbocycles. The van der Waals surface area contributed by atoms with Crippen LogP contribution in [-0.2, 0) is 9.59 Å². The maximum atomic E-state index is 13.7. The summed E-state index contributed by atoms with van der Waals surface area (Å²) in [6, 6.07) is 0.746. The summed E-state index contributed by atoms with van der Waals surface area (Å²) in [6.45, 7) is 0. The van der Waals surface area contributed by atoms with Gasteiger partial charge in [0.25, 0.3) is 0 Å². The molecule has 1 aromatic rings. The monoisotopic (exact) mass is 266 g/mol. The molecule has 102 valence electrons. The first-order valence-corrected chi connectivity index (χ1v) is 5.90. The molecular formula is C12H15FN4O2. The van der Waals surface area contributed by atoms with Gasteiger partial charge in [0.05, 0.1) is 11.9 Å². The van der Waals surface area contributed by atoms with E-state index in [0.717, 1.165) is 0 Å². The van der Waals surface area contributed by atoms with Crippen molar-refractivity contribution in [3.8, 4) is 0 Å². The number of carbonyl (C=O) groups is 2. The summed E-state index contributed by atoms with van der Waals surface area (Å²) in [5, 5.41) is 5.10. The zero-order valence-electron chi connectivity index (χ0n) is 10.7. The molecule has 0 aromatic carbocycles. The minimum absolute atomic E-state index is 0.230. The topological polar surface area (TPSA) is 74.3 Å². The number of piperidine rings is 1. The number of nitrogens with one attached hydrogen (secondary N) is 2. The summed E-state index contributed by atoms with van der Waals surface area (Å²) in [4.78, 5) is 28.1. The van der Waals surface area contributed by atoms with E-state index in [1.54, 1.807) is 19.0 Å². The van der Waals surface area contributed by atoms with Crippen LogP contribution in [-0.4, -0.2) is 36.9 Å². The lowest BCUT2D eigenvalue weighted by atomic mass is 10.1. The lowest BCUT2D eigenvalue weighted by Crippen LogP contribution is -2.47. The summed E-state index contributed by atoms with van der Waals surface area (Å²) in [5.74, 6) is -0.917. The average Bonchev–Trinajstić information content (AvgIpc) is 2.32. The number of anilines is 2. The maximum Gasteiger partial charge on any atom is 0.249 e. The second-order valence-electron chi connectivity index (χ2n) is 4.57. The predicted octanol–water partition coefficient (Wildman–Crippen LogP) is 0.504. The molecule has 1 aliphatic rings. The van der Waals surface area contributed by atoms with E-state index in [1.165, 1.54) is 12.3 Å². The highest BCUT2D eigenvalue weighted by Gasteiger charge is 2.26. The molecule has 6 nitrogen and oxygen atoms in total. The summed E-state index contributed by atoms with van der Waals surface area (Å²) < 4.78 is 13.7. The number of halogens is 1. The number of pyridine rings is 1. The van der Waals surface area contributed by atoms with Gasteiger partial charge in [0.15, 0.2) is 11.6 Å². The molecule has 7 heteroatoms. The highest BCUT2D eigenvalue weighted by Crippen LogP contribution is 2.19. The van der Waals surface area contributed by atoms with Gasteiger partial charge >= 0.3 is 0 Å². The molecule has 0 spiro atoms. The van der Waals surface area contributed by atoms with Crippen LogP contribution in [0.15, 0.2) is 12.3 Å². The molecule has 2 N–H and O–H groups in total. The van der Waals surface area contributed by atoms with Crippen molar-refractivity contribution < 1.29 is 14.0 Å². The van der Waals surface area contributed by atoms with E-state index in [4.69, 9.17) is 0 Å². The number of nitrogens with zero attached hydrogens (tertiary/aromatic N) is 2. The van der Waals surface area contributed by atoms with Crippen molar-refractivity contribution in [2.75, 3.05) is 24.3 Å². The number of hydrogen-bond acceptors (Lipinski definition) is 5. The Labute approximate surface area is 110 Å².